The molecule has 0 amide bonds. The average Bonchev–Trinajstić information content (AvgIpc) is 1.83. The molecule has 0 bridgehead atoms. The summed E-state index contributed by atoms with van der Waals surface area (Å²) in [5.74, 6) is 0. The van der Waals surface area contributed by atoms with Gasteiger partial charge in [0.1, 0.15) is 0 Å². The highest BCUT2D eigenvalue weighted by molar-refractivity contribution is 5.18. The summed E-state index contributed by atoms with van der Waals surface area (Å²) in [5.41, 5.74) is 8.74. The molecular weight excluding hydrogens is 110 g/mol. The maximum absolute atomic E-state index is 5.81. The molecule has 0 saturated heterocycles. The third kappa shape index (κ3) is 1.33. The van der Waals surface area contributed by atoms with Crippen molar-refractivity contribution in [1.82, 2.24) is 0 Å². The van der Waals surface area contributed by atoms with E-state index < -0.39 is 0 Å². The quantitative estimate of drug-likeness (QED) is 0.491. The maximum atomic E-state index is 5.81. The fraction of sp³-hybridized carbons (Fsp3) is 0.750. The first-order valence-corrected chi connectivity index (χ1v) is 3.63. The highest BCUT2D eigenvalue weighted by atomic mass is 14.6. The van der Waals surface area contributed by atoms with E-state index in [2.05, 4.69) is 13.8 Å². The summed E-state index contributed by atoms with van der Waals surface area (Å²) in [7, 11) is 0. The first-order valence-electron chi connectivity index (χ1n) is 3.63. The van der Waals surface area contributed by atoms with Crippen LogP contribution in [-0.4, -0.2) is 6.04 Å². The van der Waals surface area contributed by atoms with Gasteiger partial charge in [-0.2, -0.15) is 0 Å². The Kier molecular flexibility index (Phi) is 1.91. The van der Waals surface area contributed by atoms with Crippen molar-refractivity contribution < 1.29 is 0 Å². The number of allylic oxidation sites excluding steroid dienone is 1. The van der Waals surface area contributed by atoms with Gasteiger partial charge < -0.3 is 5.73 Å². The lowest BCUT2D eigenvalue weighted by Gasteiger charge is -2.20. The zero-order chi connectivity index (χ0) is 6.85. The maximum Gasteiger partial charge on any atom is 0.0253 e. The Labute approximate surface area is 56.9 Å². The molecule has 1 aliphatic carbocycles. The third-order valence-electron chi connectivity index (χ3n) is 2.30. The minimum absolute atomic E-state index is 0.360. The van der Waals surface area contributed by atoms with Crippen LogP contribution in [0.3, 0.4) is 0 Å². The average molecular weight is 125 g/mol. The largest absolute Gasteiger partial charge is 0.324 e. The Hall–Kier alpha value is -0.300. The van der Waals surface area contributed by atoms with Crippen molar-refractivity contribution >= 4 is 0 Å². The number of rotatable bonds is 0. The summed E-state index contributed by atoms with van der Waals surface area (Å²) in [6.45, 7) is 4.34. The van der Waals surface area contributed by atoms with Crippen molar-refractivity contribution in [2.45, 2.75) is 39.2 Å². The predicted molar refractivity (Wildman–Crippen MR) is 40.2 cm³/mol. The third-order valence-corrected chi connectivity index (χ3v) is 2.30. The van der Waals surface area contributed by atoms with Gasteiger partial charge in [0.15, 0.2) is 0 Å². The second kappa shape index (κ2) is 2.53. The summed E-state index contributed by atoms with van der Waals surface area (Å²) in [4.78, 5) is 0. The van der Waals surface area contributed by atoms with Crippen LogP contribution in [0.4, 0.5) is 0 Å². The van der Waals surface area contributed by atoms with Gasteiger partial charge in [-0.1, -0.05) is 11.1 Å². The van der Waals surface area contributed by atoms with Crippen LogP contribution in [0.2, 0.25) is 0 Å². The van der Waals surface area contributed by atoms with E-state index in [1.807, 2.05) is 0 Å². The molecule has 0 aromatic carbocycles. The van der Waals surface area contributed by atoms with Gasteiger partial charge in [0, 0.05) is 6.04 Å². The first-order chi connectivity index (χ1) is 4.22. The van der Waals surface area contributed by atoms with E-state index in [4.69, 9.17) is 5.73 Å². The molecule has 1 heteroatoms. The monoisotopic (exact) mass is 125 g/mol. The summed E-state index contributed by atoms with van der Waals surface area (Å²) in [6.07, 6.45) is 3.73. The Morgan fingerprint density at radius 3 is 2.56 bits per heavy atom. The summed E-state index contributed by atoms with van der Waals surface area (Å²) < 4.78 is 0. The molecule has 0 unspecified atom stereocenters. The van der Waals surface area contributed by atoms with Gasteiger partial charge in [-0.05, 0) is 33.1 Å². The van der Waals surface area contributed by atoms with E-state index in [1.54, 1.807) is 0 Å². The van der Waals surface area contributed by atoms with E-state index >= 15 is 0 Å². The van der Waals surface area contributed by atoms with Crippen LogP contribution in [0.15, 0.2) is 11.1 Å². The standard InChI is InChI=1S/C8H15N/c1-6-4-3-5-8(9)7(6)2/h8H,3-5,9H2,1-2H3/t8-/m0/s1. The van der Waals surface area contributed by atoms with Crippen LogP contribution in [0.5, 0.6) is 0 Å². The lowest BCUT2D eigenvalue weighted by atomic mass is 9.90. The second-order valence-electron chi connectivity index (χ2n) is 2.96. The molecule has 52 valence electrons. The molecule has 0 aliphatic heterocycles. The van der Waals surface area contributed by atoms with E-state index in [0.717, 1.165) is 0 Å². The van der Waals surface area contributed by atoms with Gasteiger partial charge in [0.2, 0.25) is 0 Å². The van der Waals surface area contributed by atoms with Gasteiger partial charge in [0.25, 0.3) is 0 Å². The predicted octanol–water partition coefficient (Wildman–Crippen LogP) is 1.83. The highest BCUT2D eigenvalue weighted by Crippen LogP contribution is 2.22. The van der Waals surface area contributed by atoms with Gasteiger partial charge in [0.05, 0.1) is 0 Å². The normalized spacial score (nSPS) is 29.0. The van der Waals surface area contributed by atoms with Crippen molar-refractivity contribution in [2.24, 2.45) is 5.73 Å². The zero-order valence-electron chi connectivity index (χ0n) is 6.28. The Balaban J connectivity index is 2.72. The summed E-state index contributed by atoms with van der Waals surface area (Å²) in [6, 6.07) is 0.360. The van der Waals surface area contributed by atoms with Crippen LogP contribution in [0, 0.1) is 0 Å². The van der Waals surface area contributed by atoms with Crippen molar-refractivity contribution in [3.8, 4) is 0 Å². The Morgan fingerprint density at radius 1 is 1.44 bits per heavy atom. The van der Waals surface area contributed by atoms with Crippen molar-refractivity contribution in [3.63, 3.8) is 0 Å². The van der Waals surface area contributed by atoms with Gasteiger partial charge >= 0.3 is 0 Å². The van der Waals surface area contributed by atoms with Crippen molar-refractivity contribution in [1.29, 1.82) is 0 Å². The van der Waals surface area contributed by atoms with Crippen LogP contribution >= 0.6 is 0 Å². The molecule has 1 rings (SSSR count). The van der Waals surface area contributed by atoms with Crippen molar-refractivity contribution in [2.75, 3.05) is 0 Å². The number of hydrogen-bond donors (Lipinski definition) is 1. The fourth-order valence-electron chi connectivity index (χ4n) is 1.32. The van der Waals surface area contributed by atoms with Crippen LogP contribution in [-0.2, 0) is 0 Å². The fourth-order valence-corrected chi connectivity index (χ4v) is 1.32. The SMILES string of the molecule is CC1=C(C)[C@@H](N)CCC1. The first kappa shape index (κ1) is 6.81. The summed E-state index contributed by atoms with van der Waals surface area (Å²) >= 11 is 0. The van der Waals surface area contributed by atoms with E-state index in [-0.39, 0.29) is 0 Å². The lowest BCUT2D eigenvalue weighted by Crippen LogP contribution is -2.24. The molecule has 0 radical (unpaired) electrons. The second-order valence-corrected chi connectivity index (χ2v) is 2.96. The molecule has 0 aromatic rings. The van der Waals surface area contributed by atoms with Gasteiger partial charge in [-0.25, -0.2) is 0 Å². The van der Waals surface area contributed by atoms with Crippen LogP contribution in [0.1, 0.15) is 33.1 Å². The molecule has 0 aromatic heterocycles. The molecule has 1 aliphatic rings. The van der Waals surface area contributed by atoms with Crippen molar-refractivity contribution in [3.05, 3.63) is 11.1 Å². The molecule has 9 heavy (non-hydrogen) atoms. The van der Waals surface area contributed by atoms with Crippen LogP contribution < -0.4 is 5.73 Å². The molecular formula is C8H15N. The molecule has 2 N–H and O–H groups in total. The molecule has 0 fully saturated rings. The molecule has 0 heterocycles. The molecule has 0 spiro atoms. The Bertz CT molecular complexity index is 136. The van der Waals surface area contributed by atoms with E-state index in [1.165, 1.54) is 30.4 Å². The number of nitrogens with two attached hydrogens (primary N) is 1. The van der Waals surface area contributed by atoms with E-state index in [9.17, 15) is 0 Å². The topological polar surface area (TPSA) is 26.0 Å². The molecule has 1 atom stereocenters. The summed E-state index contributed by atoms with van der Waals surface area (Å²) in [5, 5.41) is 0. The molecule has 0 saturated carbocycles. The van der Waals surface area contributed by atoms with Gasteiger partial charge in [-0.15, -0.1) is 0 Å². The minimum atomic E-state index is 0.360. The highest BCUT2D eigenvalue weighted by Gasteiger charge is 2.12. The lowest BCUT2D eigenvalue weighted by molar-refractivity contribution is 0.594. The minimum Gasteiger partial charge on any atom is -0.324 e. The Morgan fingerprint density at radius 2 is 2.11 bits per heavy atom. The zero-order valence-corrected chi connectivity index (χ0v) is 6.28. The van der Waals surface area contributed by atoms with Gasteiger partial charge in [-0.3, -0.25) is 0 Å². The smallest absolute Gasteiger partial charge is 0.0253 e. The van der Waals surface area contributed by atoms with Crippen LogP contribution in [0.25, 0.3) is 0 Å². The number of hydrogen-bond acceptors (Lipinski definition) is 1. The van der Waals surface area contributed by atoms with E-state index in [0.29, 0.717) is 6.04 Å². The molecule has 1 nitrogen and oxygen atoms in total.